The number of sulfonamides is 1. The topological polar surface area (TPSA) is 119 Å². The molecule has 2 heterocycles. The Morgan fingerprint density at radius 3 is 2.34 bits per heavy atom. The summed E-state index contributed by atoms with van der Waals surface area (Å²) < 4.78 is 29.7. The maximum absolute atomic E-state index is 12.6. The predicted octanol–water partition coefficient (Wildman–Crippen LogP) is 3.13. The zero-order valence-corrected chi connectivity index (χ0v) is 18.4. The molecule has 0 aliphatic carbocycles. The molecule has 1 amide bonds. The summed E-state index contributed by atoms with van der Waals surface area (Å²) in [4.78, 5) is 20.7. The molecule has 0 saturated heterocycles. The molecule has 1 aromatic carbocycles. The van der Waals surface area contributed by atoms with Crippen LogP contribution in [0.2, 0.25) is 0 Å². The number of nitrogens with one attached hydrogen (secondary N) is 2. The largest absolute Gasteiger partial charge is 0.321 e. The zero-order chi connectivity index (χ0) is 21.2. The van der Waals surface area contributed by atoms with Crippen LogP contribution in [0, 0.1) is 13.8 Å². The van der Waals surface area contributed by atoms with Crippen molar-refractivity contribution in [2.24, 2.45) is 0 Å². The number of carbonyl (C=O) groups is 1. The lowest BCUT2D eigenvalue weighted by Gasteiger charge is -2.10. The third kappa shape index (κ3) is 4.80. The number of aryl methyl sites for hydroxylation is 3. The van der Waals surface area contributed by atoms with Crippen molar-refractivity contribution < 1.29 is 13.2 Å². The van der Waals surface area contributed by atoms with Gasteiger partial charge in [0.15, 0.2) is 0 Å². The molecule has 0 unspecified atom stereocenters. The van der Waals surface area contributed by atoms with Gasteiger partial charge in [0, 0.05) is 23.6 Å². The van der Waals surface area contributed by atoms with Crippen molar-refractivity contribution in [3.8, 4) is 0 Å². The lowest BCUT2D eigenvalue weighted by atomic mass is 10.3. The zero-order valence-electron chi connectivity index (χ0n) is 16.0. The van der Waals surface area contributed by atoms with E-state index in [9.17, 15) is 13.2 Å². The summed E-state index contributed by atoms with van der Waals surface area (Å²) in [6.45, 7) is 5.93. The molecular weight excluding hydrogens is 460 g/mol. The monoisotopic (exact) mass is 478 g/mol. The quantitative estimate of drug-likeness (QED) is 0.561. The van der Waals surface area contributed by atoms with Gasteiger partial charge in [-0.25, -0.2) is 23.1 Å². The van der Waals surface area contributed by atoms with E-state index in [4.69, 9.17) is 0 Å². The van der Waals surface area contributed by atoms with Crippen molar-refractivity contribution in [2.45, 2.75) is 32.2 Å². The highest BCUT2D eigenvalue weighted by molar-refractivity contribution is 9.10. The SMILES string of the molecule is CCn1ncc(Br)c1C(=O)Nc1ccc(S(=O)(=O)Nc2nc(C)cc(C)n2)cc1. The van der Waals surface area contributed by atoms with Crippen molar-refractivity contribution in [1.82, 2.24) is 19.7 Å². The highest BCUT2D eigenvalue weighted by atomic mass is 79.9. The normalized spacial score (nSPS) is 11.3. The van der Waals surface area contributed by atoms with Crippen LogP contribution in [-0.4, -0.2) is 34.1 Å². The third-order valence-electron chi connectivity index (χ3n) is 3.94. The fourth-order valence-corrected chi connectivity index (χ4v) is 4.11. The lowest BCUT2D eigenvalue weighted by Crippen LogP contribution is -2.18. The van der Waals surface area contributed by atoms with Gasteiger partial charge in [0.05, 0.1) is 15.6 Å². The average Bonchev–Trinajstić information content (AvgIpc) is 3.01. The summed E-state index contributed by atoms with van der Waals surface area (Å²) in [6.07, 6.45) is 1.55. The molecule has 3 aromatic rings. The van der Waals surface area contributed by atoms with Gasteiger partial charge in [-0.3, -0.25) is 9.48 Å². The first kappa shape index (κ1) is 20.9. The summed E-state index contributed by atoms with van der Waals surface area (Å²) in [5, 5.41) is 6.84. The van der Waals surface area contributed by atoms with Crippen LogP contribution in [0.25, 0.3) is 0 Å². The molecule has 0 saturated carbocycles. The summed E-state index contributed by atoms with van der Waals surface area (Å²) in [5.41, 5.74) is 2.15. The minimum Gasteiger partial charge on any atom is -0.321 e. The number of halogens is 1. The minimum absolute atomic E-state index is 0.0116. The molecule has 0 aliphatic heterocycles. The Kier molecular flexibility index (Phi) is 5.99. The number of benzene rings is 1. The number of carbonyl (C=O) groups excluding carboxylic acids is 1. The van der Waals surface area contributed by atoms with E-state index >= 15 is 0 Å². The van der Waals surface area contributed by atoms with Crippen LogP contribution in [0.1, 0.15) is 28.8 Å². The third-order valence-corrected chi connectivity index (χ3v) is 5.86. The molecule has 0 atom stereocenters. The Bertz CT molecular complexity index is 1140. The van der Waals surface area contributed by atoms with Crippen LogP contribution >= 0.6 is 15.9 Å². The molecule has 9 nitrogen and oxygen atoms in total. The molecule has 2 N–H and O–H groups in total. The van der Waals surface area contributed by atoms with Crippen LogP contribution in [-0.2, 0) is 16.6 Å². The van der Waals surface area contributed by atoms with Gasteiger partial charge in [0.2, 0.25) is 5.95 Å². The number of amides is 1. The molecule has 0 bridgehead atoms. The van der Waals surface area contributed by atoms with Gasteiger partial charge in [-0.1, -0.05) is 0 Å². The highest BCUT2D eigenvalue weighted by Crippen LogP contribution is 2.20. The van der Waals surface area contributed by atoms with Gasteiger partial charge in [0.25, 0.3) is 15.9 Å². The molecule has 3 rings (SSSR count). The Hall–Kier alpha value is -2.79. The van der Waals surface area contributed by atoms with Crippen molar-refractivity contribution in [2.75, 3.05) is 10.0 Å². The summed E-state index contributed by atoms with van der Waals surface area (Å²) in [6, 6.07) is 7.56. The summed E-state index contributed by atoms with van der Waals surface area (Å²) in [7, 11) is -3.86. The molecule has 0 spiro atoms. The number of anilines is 2. The average molecular weight is 479 g/mol. The molecular formula is C18H19BrN6O3S. The van der Waals surface area contributed by atoms with E-state index in [-0.39, 0.29) is 16.8 Å². The van der Waals surface area contributed by atoms with Crippen molar-refractivity contribution >= 4 is 43.5 Å². The van der Waals surface area contributed by atoms with E-state index in [0.717, 1.165) is 0 Å². The van der Waals surface area contributed by atoms with Gasteiger partial charge in [-0.2, -0.15) is 5.10 Å². The highest BCUT2D eigenvalue weighted by Gasteiger charge is 2.18. The number of rotatable bonds is 6. The fourth-order valence-electron chi connectivity index (χ4n) is 2.69. The Morgan fingerprint density at radius 2 is 1.76 bits per heavy atom. The van der Waals surface area contributed by atoms with Crippen LogP contribution in [0.15, 0.2) is 45.9 Å². The first-order valence-corrected chi connectivity index (χ1v) is 10.9. The summed E-state index contributed by atoms with van der Waals surface area (Å²) >= 11 is 3.31. The van der Waals surface area contributed by atoms with Crippen LogP contribution < -0.4 is 10.0 Å². The maximum atomic E-state index is 12.6. The summed E-state index contributed by atoms with van der Waals surface area (Å²) in [5.74, 6) is -0.342. The number of nitrogens with zero attached hydrogens (tertiary/aromatic N) is 4. The first-order valence-electron chi connectivity index (χ1n) is 8.67. The van der Waals surface area contributed by atoms with Crippen LogP contribution in [0.4, 0.5) is 11.6 Å². The van der Waals surface area contributed by atoms with Crippen molar-refractivity contribution in [3.63, 3.8) is 0 Å². The predicted molar refractivity (Wildman–Crippen MR) is 112 cm³/mol. The lowest BCUT2D eigenvalue weighted by molar-refractivity contribution is 0.101. The fraction of sp³-hybridized carbons (Fsp3) is 0.222. The Balaban J connectivity index is 1.77. The standard InChI is InChI=1S/C18H19BrN6O3S/c1-4-25-16(15(19)10-20-25)17(26)23-13-5-7-14(8-6-13)29(27,28)24-18-21-11(2)9-12(3)22-18/h5-10H,4H2,1-3H3,(H,23,26)(H,21,22,24). The molecule has 2 aromatic heterocycles. The molecule has 0 aliphatic rings. The van der Waals surface area contributed by atoms with Gasteiger partial charge < -0.3 is 5.32 Å². The Morgan fingerprint density at radius 1 is 1.14 bits per heavy atom. The first-order chi connectivity index (χ1) is 13.7. The molecule has 29 heavy (non-hydrogen) atoms. The van der Waals surface area contributed by atoms with Crippen LogP contribution in [0.3, 0.4) is 0 Å². The van der Waals surface area contributed by atoms with Crippen molar-refractivity contribution in [1.29, 1.82) is 0 Å². The molecule has 0 radical (unpaired) electrons. The second kappa shape index (κ2) is 8.29. The van der Waals surface area contributed by atoms with E-state index in [2.05, 4.69) is 41.0 Å². The smallest absolute Gasteiger partial charge is 0.275 e. The van der Waals surface area contributed by atoms with Gasteiger partial charge in [-0.15, -0.1) is 0 Å². The second-order valence-corrected chi connectivity index (χ2v) is 8.75. The van der Waals surface area contributed by atoms with E-state index in [0.29, 0.717) is 33.8 Å². The second-order valence-electron chi connectivity index (χ2n) is 6.22. The molecule has 152 valence electrons. The van der Waals surface area contributed by atoms with Gasteiger partial charge in [-0.05, 0) is 67.0 Å². The van der Waals surface area contributed by atoms with Crippen molar-refractivity contribution in [3.05, 3.63) is 58.1 Å². The van der Waals surface area contributed by atoms with Gasteiger partial charge in [0.1, 0.15) is 5.69 Å². The van der Waals surface area contributed by atoms with E-state index < -0.39 is 10.0 Å². The van der Waals surface area contributed by atoms with E-state index in [1.54, 1.807) is 30.8 Å². The Labute approximate surface area is 176 Å². The minimum atomic E-state index is -3.86. The van der Waals surface area contributed by atoms with E-state index in [1.165, 1.54) is 24.3 Å². The number of aromatic nitrogens is 4. The molecule has 11 heteroatoms. The maximum Gasteiger partial charge on any atom is 0.275 e. The number of hydrogen-bond acceptors (Lipinski definition) is 6. The molecule has 0 fully saturated rings. The van der Waals surface area contributed by atoms with Gasteiger partial charge >= 0.3 is 0 Å². The van der Waals surface area contributed by atoms with E-state index in [1.807, 2.05) is 6.92 Å². The number of hydrogen-bond donors (Lipinski definition) is 2. The van der Waals surface area contributed by atoms with Crippen LogP contribution in [0.5, 0.6) is 0 Å².